The number of ketones is 1. The van der Waals surface area contributed by atoms with E-state index in [1.54, 1.807) is 35.7 Å². The van der Waals surface area contributed by atoms with Crippen molar-refractivity contribution in [2.45, 2.75) is 19.8 Å². The first-order chi connectivity index (χ1) is 13.0. The number of ether oxygens (including phenoxy) is 1. The molecule has 2 rings (SSSR count). The summed E-state index contributed by atoms with van der Waals surface area (Å²) >= 11 is 1.43. The molecule has 1 heterocycles. The Bertz CT molecular complexity index is 817. The zero-order chi connectivity index (χ0) is 19.6. The Morgan fingerprint density at radius 1 is 1.11 bits per heavy atom. The highest BCUT2D eigenvalue weighted by Crippen LogP contribution is 2.15. The lowest BCUT2D eigenvalue weighted by Gasteiger charge is -2.09. The Labute approximate surface area is 160 Å². The number of amides is 2. The fraction of sp³-hybridized carbons (Fsp3) is 0.263. The smallest absolute Gasteiger partial charge is 0.306 e. The molecular formula is C19H20N2O5S. The van der Waals surface area contributed by atoms with Gasteiger partial charge in [-0.25, -0.2) is 0 Å². The number of benzene rings is 1. The largest absolute Gasteiger partial charge is 0.456 e. The van der Waals surface area contributed by atoms with Crippen molar-refractivity contribution in [2.75, 3.05) is 18.5 Å². The molecule has 27 heavy (non-hydrogen) atoms. The summed E-state index contributed by atoms with van der Waals surface area (Å²) in [4.78, 5) is 46.8. The molecule has 0 fully saturated rings. The van der Waals surface area contributed by atoms with Crippen molar-refractivity contribution in [1.29, 1.82) is 0 Å². The van der Waals surface area contributed by atoms with Gasteiger partial charge in [-0.05, 0) is 36.9 Å². The van der Waals surface area contributed by atoms with Crippen molar-refractivity contribution in [2.24, 2.45) is 0 Å². The van der Waals surface area contributed by atoms with Crippen LogP contribution in [0.4, 0.5) is 5.69 Å². The van der Waals surface area contributed by atoms with E-state index in [9.17, 15) is 19.2 Å². The third-order valence-corrected chi connectivity index (χ3v) is 4.25. The SMILES string of the molecule is CC(=O)c1ccccc1NC(=O)COC(=O)CCCNC(=O)c1ccsc1. The highest BCUT2D eigenvalue weighted by molar-refractivity contribution is 7.08. The normalized spacial score (nSPS) is 10.1. The molecule has 0 radical (unpaired) electrons. The van der Waals surface area contributed by atoms with Gasteiger partial charge in [0, 0.05) is 29.5 Å². The number of hydrogen-bond acceptors (Lipinski definition) is 6. The lowest BCUT2D eigenvalue weighted by molar-refractivity contribution is -0.147. The number of anilines is 1. The first-order valence-corrected chi connectivity index (χ1v) is 9.27. The molecule has 0 spiro atoms. The van der Waals surface area contributed by atoms with Crippen LogP contribution in [0, 0.1) is 0 Å². The molecule has 1 aromatic heterocycles. The number of carbonyl (C=O) groups is 4. The maximum atomic E-state index is 11.9. The molecule has 2 N–H and O–H groups in total. The molecule has 0 saturated heterocycles. The van der Waals surface area contributed by atoms with E-state index in [4.69, 9.17) is 4.74 Å². The maximum absolute atomic E-state index is 11.9. The molecule has 0 atom stereocenters. The van der Waals surface area contributed by atoms with Gasteiger partial charge in [-0.1, -0.05) is 12.1 Å². The Morgan fingerprint density at radius 3 is 2.59 bits per heavy atom. The number of para-hydroxylation sites is 1. The number of carbonyl (C=O) groups excluding carboxylic acids is 4. The van der Waals surface area contributed by atoms with E-state index in [0.717, 1.165) is 0 Å². The second kappa shape index (κ2) is 10.2. The number of hydrogen-bond donors (Lipinski definition) is 2. The Balaban J connectivity index is 1.66. The summed E-state index contributed by atoms with van der Waals surface area (Å²) in [6.45, 7) is 1.30. The van der Waals surface area contributed by atoms with Crippen LogP contribution in [0.1, 0.15) is 40.5 Å². The summed E-state index contributed by atoms with van der Waals surface area (Å²) in [5.41, 5.74) is 1.35. The average Bonchev–Trinajstić information content (AvgIpc) is 3.18. The molecule has 0 saturated carbocycles. The minimum Gasteiger partial charge on any atom is -0.456 e. The molecular weight excluding hydrogens is 368 g/mol. The number of rotatable bonds is 9. The van der Waals surface area contributed by atoms with E-state index in [1.807, 2.05) is 5.38 Å². The van der Waals surface area contributed by atoms with Crippen LogP contribution < -0.4 is 10.6 Å². The molecule has 2 amide bonds. The lowest BCUT2D eigenvalue weighted by Crippen LogP contribution is -2.25. The summed E-state index contributed by atoms with van der Waals surface area (Å²) in [6.07, 6.45) is 0.491. The van der Waals surface area contributed by atoms with E-state index in [-0.39, 0.29) is 18.1 Å². The van der Waals surface area contributed by atoms with Crippen molar-refractivity contribution >= 4 is 40.6 Å². The van der Waals surface area contributed by atoms with Crippen LogP contribution in [0.3, 0.4) is 0 Å². The quantitative estimate of drug-likeness (QED) is 0.391. The topological polar surface area (TPSA) is 102 Å². The first kappa shape index (κ1) is 20.3. The zero-order valence-electron chi connectivity index (χ0n) is 14.8. The standard InChI is InChI=1S/C19H20N2O5S/c1-13(22)15-5-2-3-6-16(15)21-17(23)11-26-18(24)7-4-9-20-19(25)14-8-10-27-12-14/h2-3,5-6,8,10,12H,4,7,9,11H2,1H3,(H,20,25)(H,21,23). The zero-order valence-corrected chi connectivity index (χ0v) is 15.6. The minimum absolute atomic E-state index is 0.0846. The predicted molar refractivity (Wildman–Crippen MR) is 102 cm³/mol. The lowest BCUT2D eigenvalue weighted by atomic mass is 10.1. The molecule has 1 aromatic carbocycles. The van der Waals surface area contributed by atoms with Crippen molar-refractivity contribution < 1.29 is 23.9 Å². The third kappa shape index (κ3) is 6.67. The second-order valence-electron chi connectivity index (χ2n) is 5.68. The summed E-state index contributed by atoms with van der Waals surface area (Å²) in [5.74, 6) is -1.42. The number of Topliss-reactive ketones (excluding diaryl/α,β-unsaturated/α-hetero) is 1. The van der Waals surface area contributed by atoms with Gasteiger partial charge < -0.3 is 15.4 Å². The van der Waals surface area contributed by atoms with Gasteiger partial charge in [-0.15, -0.1) is 0 Å². The number of thiophene rings is 1. The number of nitrogens with one attached hydrogen (secondary N) is 2. The van der Waals surface area contributed by atoms with Gasteiger partial charge in [-0.3, -0.25) is 19.2 Å². The fourth-order valence-corrected chi connectivity index (χ4v) is 2.87. The van der Waals surface area contributed by atoms with Crippen LogP contribution >= 0.6 is 11.3 Å². The van der Waals surface area contributed by atoms with Gasteiger partial charge in [-0.2, -0.15) is 11.3 Å². The molecule has 0 aliphatic heterocycles. The second-order valence-corrected chi connectivity index (χ2v) is 6.46. The third-order valence-electron chi connectivity index (χ3n) is 3.57. The van der Waals surface area contributed by atoms with E-state index in [0.29, 0.717) is 29.8 Å². The summed E-state index contributed by atoms with van der Waals surface area (Å²) in [5, 5.41) is 8.81. The van der Waals surface area contributed by atoms with Gasteiger partial charge in [0.1, 0.15) is 0 Å². The summed E-state index contributed by atoms with van der Waals surface area (Å²) in [6, 6.07) is 8.32. The van der Waals surface area contributed by atoms with Gasteiger partial charge >= 0.3 is 5.97 Å². The number of esters is 1. The van der Waals surface area contributed by atoms with Gasteiger partial charge in [0.05, 0.1) is 5.69 Å². The molecule has 0 aliphatic carbocycles. The van der Waals surface area contributed by atoms with Crippen LogP contribution in [0.15, 0.2) is 41.1 Å². The summed E-state index contributed by atoms with van der Waals surface area (Å²) in [7, 11) is 0. The Hall–Kier alpha value is -3.00. The van der Waals surface area contributed by atoms with Gasteiger partial charge in [0.25, 0.3) is 11.8 Å². The average molecular weight is 388 g/mol. The predicted octanol–water partition coefficient (Wildman–Crippen LogP) is 2.64. The highest BCUT2D eigenvalue weighted by Gasteiger charge is 2.12. The van der Waals surface area contributed by atoms with Gasteiger partial charge in [0.2, 0.25) is 0 Å². The Morgan fingerprint density at radius 2 is 1.89 bits per heavy atom. The van der Waals surface area contributed by atoms with Crippen LogP contribution in [-0.2, 0) is 14.3 Å². The van der Waals surface area contributed by atoms with Crippen molar-refractivity contribution in [3.63, 3.8) is 0 Å². The summed E-state index contributed by atoms with van der Waals surface area (Å²) < 4.78 is 4.91. The van der Waals surface area contributed by atoms with Crippen LogP contribution in [0.5, 0.6) is 0 Å². The van der Waals surface area contributed by atoms with Gasteiger partial charge in [0.15, 0.2) is 12.4 Å². The Kier molecular flexibility index (Phi) is 7.69. The molecule has 0 aliphatic rings. The van der Waals surface area contributed by atoms with Crippen LogP contribution in [0.2, 0.25) is 0 Å². The van der Waals surface area contributed by atoms with E-state index < -0.39 is 18.5 Å². The molecule has 142 valence electrons. The van der Waals surface area contributed by atoms with Crippen LogP contribution in [0.25, 0.3) is 0 Å². The van der Waals surface area contributed by atoms with Crippen molar-refractivity contribution in [1.82, 2.24) is 5.32 Å². The van der Waals surface area contributed by atoms with E-state index in [1.165, 1.54) is 18.3 Å². The van der Waals surface area contributed by atoms with Crippen molar-refractivity contribution in [3.05, 3.63) is 52.2 Å². The van der Waals surface area contributed by atoms with E-state index >= 15 is 0 Å². The molecule has 0 bridgehead atoms. The molecule has 8 heteroatoms. The maximum Gasteiger partial charge on any atom is 0.306 e. The molecule has 0 unspecified atom stereocenters. The molecule has 7 nitrogen and oxygen atoms in total. The highest BCUT2D eigenvalue weighted by atomic mass is 32.1. The molecule has 2 aromatic rings. The van der Waals surface area contributed by atoms with Crippen molar-refractivity contribution in [3.8, 4) is 0 Å². The first-order valence-electron chi connectivity index (χ1n) is 8.33. The van der Waals surface area contributed by atoms with Crippen LogP contribution in [-0.4, -0.2) is 36.7 Å². The van der Waals surface area contributed by atoms with E-state index in [2.05, 4.69) is 10.6 Å². The minimum atomic E-state index is -0.533. The monoisotopic (exact) mass is 388 g/mol. The fourth-order valence-electron chi connectivity index (χ4n) is 2.23.